The molecule has 1 fully saturated rings. The van der Waals surface area contributed by atoms with Gasteiger partial charge in [0.1, 0.15) is 5.58 Å². The van der Waals surface area contributed by atoms with Crippen molar-refractivity contribution in [2.75, 3.05) is 13.1 Å². The maximum atomic E-state index is 13.0. The number of carbonyl (C=O) groups is 2. The zero-order valence-corrected chi connectivity index (χ0v) is 16.9. The van der Waals surface area contributed by atoms with Crippen molar-refractivity contribution in [1.29, 1.82) is 0 Å². The molecular weight excluding hydrogens is 390 g/mol. The monoisotopic (exact) mass is 411 g/mol. The molecular formula is C25H21N3O3. The van der Waals surface area contributed by atoms with Gasteiger partial charge >= 0.3 is 0 Å². The predicted molar refractivity (Wildman–Crippen MR) is 119 cm³/mol. The molecule has 0 saturated carbocycles. The first-order valence-corrected chi connectivity index (χ1v) is 10.6. The first-order valence-electron chi connectivity index (χ1n) is 10.6. The Morgan fingerprint density at radius 3 is 2.32 bits per heavy atom. The summed E-state index contributed by atoms with van der Waals surface area (Å²) in [5.74, 6) is -0.747. The molecule has 0 unspecified atom stereocenters. The highest BCUT2D eigenvalue weighted by Gasteiger charge is 2.35. The molecule has 0 spiro atoms. The highest BCUT2D eigenvalue weighted by Crippen LogP contribution is 2.40. The fourth-order valence-corrected chi connectivity index (χ4v) is 4.93. The van der Waals surface area contributed by atoms with Gasteiger partial charge in [-0.15, -0.1) is 0 Å². The van der Waals surface area contributed by atoms with Crippen molar-refractivity contribution in [2.45, 2.75) is 18.9 Å². The summed E-state index contributed by atoms with van der Waals surface area (Å²) in [6, 6.07) is 16.0. The zero-order valence-electron chi connectivity index (χ0n) is 16.9. The van der Waals surface area contributed by atoms with Gasteiger partial charge in [0.15, 0.2) is 0 Å². The molecule has 154 valence electrons. The summed E-state index contributed by atoms with van der Waals surface area (Å²) in [7, 11) is 0. The van der Waals surface area contributed by atoms with Gasteiger partial charge in [-0.3, -0.25) is 14.9 Å². The number of rotatable bonds is 3. The second kappa shape index (κ2) is 6.96. The van der Waals surface area contributed by atoms with E-state index in [4.69, 9.17) is 4.42 Å². The van der Waals surface area contributed by atoms with E-state index in [1.165, 1.54) is 0 Å². The van der Waals surface area contributed by atoms with Gasteiger partial charge in [-0.1, -0.05) is 36.4 Å². The van der Waals surface area contributed by atoms with Crippen LogP contribution in [0.5, 0.6) is 0 Å². The highest BCUT2D eigenvalue weighted by molar-refractivity contribution is 6.50. The number of hydrogen-bond donors (Lipinski definition) is 2. The summed E-state index contributed by atoms with van der Waals surface area (Å²) in [6.07, 6.45) is 5.68. The average molecular weight is 411 g/mol. The number of nitrogens with one attached hydrogen (secondary N) is 2. The second-order valence-electron chi connectivity index (χ2n) is 8.13. The van der Waals surface area contributed by atoms with E-state index in [9.17, 15) is 9.59 Å². The van der Waals surface area contributed by atoms with Crippen molar-refractivity contribution in [2.24, 2.45) is 0 Å². The summed E-state index contributed by atoms with van der Waals surface area (Å²) >= 11 is 0. The van der Waals surface area contributed by atoms with Crippen LogP contribution in [0.15, 0.2) is 65.4 Å². The predicted octanol–water partition coefficient (Wildman–Crippen LogP) is 3.88. The average Bonchev–Trinajstić information content (AvgIpc) is 3.47. The van der Waals surface area contributed by atoms with Crippen LogP contribution in [0.1, 0.15) is 30.0 Å². The molecule has 2 amide bonds. The molecule has 4 heterocycles. The minimum atomic E-state index is -0.384. The largest absolute Gasteiger partial charge is 0.464 e. The Labute approximate surface area is 178 Å². The van der Waals surface area contributed by atoms with Crippen LogP contribution in [0, 0.1) is 0 Å². The zero-order chi connectivity index (χ0) is 20.9. The molecule has 4 aromatic rings. The molecule has 0 radical (unpaired) electrons. The number of furan rings is 1. The number of imide groups is 1. The topological polar surface area (TPSA) is 76.3 Å². The first-order chi connectivity index (χ1) is 15.2. The Morgan fingerprint density at radius 2 is 1.52 bits per heavy atom. The van der Waals surface area contributed by atoms with E-state index in [-0.39, 0.29) is 11.8 Å². The van der Waals surface area contributed by atoms with Crippen LogP contribution in [0.25, 0.3) is 33.0 Å². The van der Waals surface area contributed by atoms with Crippen molar-refractivity contribution >= 4 is 44.8 Å². The van der Waals surface area contributed by atoms with Gasteiger partial charge in [-0.05, 0) is 38.1 Å². The van der Waals surface area contributed by atoms with Gasteiger partial charge in [0.2, 0.25) is 0 Å². The molecule has 1 saturated heterocycles. The number of amides is 2. The van der Waals surface area contributed by atoms with Crippen molar-refractivity contribution in [3.05, 3.63) is 72.1 Å². The van der Waals surface area contributed by atoms with Gasteiger partial charge in [0.05, 0.1) is 17.4 Å². The molecule has 6 rings (SSSR count). The third kappa shape index (κ3) is 2.75. The summed E-state index contributed by atoms with van der Waals surface area (Å²) in [5, 5.41) is 7.72. The lowest BCUT2D eigenvalue weighted by Crippen LogP contribution is -2.29. The normalized spacial score (nSPS) is 17.8. The molecule has 0 bridgehead atoms. The quantitative estimate of drug-likeness (QED) is 0.502. The minimum Gasteiger partial charge on any atom is -0.464 e. The Balaban J connectivity index is 1.62. The van der Waals surface area contributed by atoms with E-state index >= 15 is 0 Å². The first kappa shape index (κ1) is 18.2. The Hall–Kier alpha value is -3.64. The van der Waals surface area contributed by atoms with Gasteiger partial charge in [0, 0.05) is 39.7 Å². The number of para-hydroxylation sites is 2. The van der Waals surface area contributed by atoms with Crippen molar-refractivity contribution in [1.82, 2.24) is 15.2 Å². The maximum absolute atomic E-state index is 13.0. The third-order valence-corrected chi connectivity index (χ3v) is 6.39. The van der Waals surface area contributed by atoms with E-state index in [0.29, 0.717) is 28.3 Å². The maximum Gasteiger partial charge on any atom is 0.259 e. The van der Waals surface area contributed by atoms with E-state index in [0.717, 1.165) is 47.8 Å². The SMILES string of the molecule is O=C1NC(=O)C(c2cn(C3CCNCC3)c3ccccc23)=C1c1coc2ccccc12. The molecule has 0 aliphatic carbocycles. The molecule has 2 aromatic heterocycles. The summed E-state index contributed by atoms with van der Waals surface area (Å²) in [5.41, 5.74) is 4.00. The third-order valence-electron chi connectivity index (χ3n) is 6.39. The van der Waals surface area contributed by atoms with Crippen LogP contribution < -0.4 is 10.6 Å². The summed E-state index contributed by atoms with van der Waals surface area (Å²) < 4.78 is 7.96. The minimum absolute atomic E-state index is 0.360. The fraction of sp³-hybridized carbons (Fsp3) is 0.200. The molecule has 31 heavy (non-hydrogen) atoms. The van der Waals surface area contributed by atoms with Gasteiger partial charge in [-0.25, -0.2) is 0 Å². The standard InChI is InChI=1S/C25H21N3O3/c29-24-22(23(25(30)27-24)19-14-31-21-8-4-2-6-17(19)21)18-13-28(15-9-11-26-12-10-15)20-7-3-1-5-16(18)20/h1-8,13-15,26H,9-12H2,(H,27,29,30). The van der Waals surface area contributed by atoms with Crippen LogP contribution in [-0.4, -0.2) is 29.5 Å². The van der Waals surface area contributed by atoms with Crippen LogP contribution >= 0.6 is 0 Å². The van der Waals surface area contributed by atoms with Crippen LogP contribution in [0.4, 0.5) is 0 Å². The summed E-state index contributed by atoms with van der Waals surface area (Å²) in [4.78, 5) is 25.9. The lowest BCUT2D eigenvalue weighted by atomic mass is 9.95. The van der Waals surface area contributed by atoms with E-state index in [2.05, 4.69) is 27.5 Å². The number of piperidine rings is 1. The number of nitrogens with zero attached hydrogens (tertiary/aromatic N) is 1. The fourth-order valence-electron chi connectivity index (χ4n) is 4.93. The number of carbonyl (C=O) groups excluding carboxylic acids is 2. The second-order valence-corrected chi connectivity index (χ2v) is 8.13. The lowest BCUT2D eigenvalue weighted by molar-refractivity contribution is -0.122. The van der Waals surface area contributed by atoms with Crippen molar-refractivity contribution in [3.63, 3.8) is 0 Å². The number of fused-ring (bicyclic) bond motifs is 2. The number of hydrogen-bond acceptors (Lipinski definition) is 4. The van der Waals surface area contributed by atoms with E-state index in [1.54, 1.807) is 6.26 Å². The van der Waals surface area contributed by atoms with Crippen LogP contribution in [-0.2, 0) is 9.59 Å². The highest BCUT2D eigenvalue weighted by atomic mass is 16.3. The lowest BCUT2D eigenvalue weighted by Gasteiger charge is -2.25. The molecule has 2 aromatic carbocycles. The Kier molecular flexibility index (Phi) is 4.07. The molecule has 6 heteroatoms. The molecule has 2 N–H and O–H groups in total. The molecule has 0 atom stereocenters. The number of aromatic nitrogens is 1. The molecule has 6 nitrogen and oxygen atoms in total. The van der Waals surface area contributed by atoms with Gasteiger partial charge < -0.3 is 14.3 Å². The van der Waals surface area contributed by atoms with Gasteiger partial charge in [-0.2, -0.15) is 0 Å². The van der Waals surface area contributed by atoms with E-state index in [1.807, 2.05) is 42.5 Å². The Bertz CT molecular complexity index is 1390. The van der Waals surface area contributed by atoms with Crippen molar-refractivity contribution in [3.8, 4) is 0 Å². The number of benzene rings is 2. The molecule has 2 aliphatic heterocycles. The van der Waals surface area contributed by atoms with E-state index < -0.39 is 0 Å². The van der Waals surface area contributed by atoms with Gasteiger partial charge in [0.25, 0.3) is 11.8 Å². The molecule has 2 aliphatic rings. The van der Waals surface area contributed by atoms with Crippen LogP contribution in [0.2, 0.25) is 0 Å². The van der Waals surface area contributed by atoms with Crippen molar-refractivity contribution < 1.29 is 14.0 Å². The Morgan fingerprint density at radius 1 is 0.839 bits per heavy atom. The summed E-state index contributed by atoms with van der Waals surface area (Å²) in [6.45, 7) is 1.95. The van der Waals surface area contributed by atoms with Crippen LogP contribution in [0.3, 0.4) is 0 Å². The smallest absolute Gasteiger partial charge is 0.259 e.